The van der Waals surface area contributed by atoms with Gasteiger partial charge in [-0.2, -0.15) is 4.98 Å². The van der Waals surface area contributed by atoms with Crippen molar-refractivity contribution in [3.8, 4) is 11.4 Å². The fourth-order valence-electron chi connectivity index (χ4n) is 2.73. The second-order valence-electron chi connectivity index (χ2n) is 6.64. The molecule has 6 heteroatoms. The molecule has 1 aromatic heterocycles. The van der Waals surface area contributed by atoms with Crippen LogP contribution in [0.3, 0.4) is 0 Å². The summed E-state index contributed by atoms with van der Waals surface area (Å²) in [7, 11) is 0. The number of nitrogens with one attached hydrogen (secondary N) is 1. The summed E-state index contributed by atoms with van der Waals surface area (Å²) >= 11 is 6.15. The van der Waals surface area contributed by atoms with Crippen molar-refractivity contribution >= 4 is 17.5 Å². The van der Waals surface area contributed by atoms with E-state index in [1.165, 1.54) is 0 Å². The highest BCUT2D eigenvalue weighted by Crippen LogP contribution is 2.27. The molecule has 0 unspecified atom stereocenters. The van der Waals surface area contributed by atoms with Gasteiger partial charge in [0.25, 0.3) is 5.91 Å². The molecule has 0 aliphatic carbocycles. The Kier molecular flexibility index (Phi) is 5.91. The predicted molar refractivity (Wildman–Crippen MR) is 106 cm³/mol. The third-order valence-electron chi connectivity index (χ3n) is 4.64. The molecule has 0 fully saturated rings. The minimum atomic E-state index is -0.398. The summed E-state index contributed by atoms with van der Waals surface area (Å²) in [5, 5.41) is 7.49. The second-order valence-corrected chi connectivity index (χ2v) is 7.05. The fourth-order valence-corrected chi connectivity index (χ4v) is 2.95. The first-order chi connectivity index (χ1) is 13.0. The van der Waals surface area contributed by atoms with Gasteiger partial charge in [-0.05, 0) is 25.0 Å². The highest BCUT2D eigenvalue weighted by atomic mass is 35.5. The minimum absolute atomic E-state index is 0.114. The Morgan fingerprint density at radius 2 is 1.89 bits per heavy atom. The normalized spacial score (nSPS) is 13.2. The van der Waals surface area contributed by atoms with E-state index < -0.39 is 6.04 Å². The molecule has 3 rings (SSSR count). The average molecular weight is 384 g/mol. The van der Waals surface area contributed by atoms with E-state index in [0.29, 0.717) is 22.3 Å². The highest BCUT2D eigenvalue weighted by Gasteiger charge is 2.27. The number of halogens is 1. The molecule has 2 atom stereocenters. The van der Waals surface area contributed by atoms with Gasteiger partial charge >= 0.3 is 0 Å². The van der Waals surface area contributed by atoms with Gasteiger partial charge in [0, 0.05) is 5.56 Å². The zero-order valence-corrected chi connectivity index (χ0v) is 16.3. The Labute approximate surface area is 163 Å². The van der Waals surface area contributed by atoms with Gasteiger partial charge < -0.3 is 9.84 Å². The van der Waals surface area contributed by atoms with E-state index in [9.17, 15) is 4.79 Å². The van der Waals surface area contributed by atoms with Gasteiger partial charge in [0.2, 0.25) is 11.7 Å². The Hall–Kier alpha value is -2.66. The summed E-state index contributed by atoms with van der Waals surface area (Å²) in [4.78, 5) is 17.2. The van der Waals surface area contributed by atoms with Crippen molar-refractivity contribution in [3.05, 3.63) is 70.6 Å². The van der Waals surface area contributed by atoms with Crippen LogP contribution in [0.1, 0.15) is 48.1 Å². The van der Waals surface area contributed by atoms with Gasteiger partial charge in [-0.3, -0.25) is 4.79 Å². The molecule has 0 aliphatic rings. The first-order valence-electron chi connectivity index (χ1n) is 8.95. The van der Waals surface area contributed by atoms with Crippen LogP contribution in [-0.2, 0) is 0 Å². The smallest absolute Gasteiger partial charge is 0.253 e. The fraction of sp³-hybridized carbons (Fsp3) is 0.286. The number of hydrogen-bond donors (Lipinski definition) is 1. The van der Waals surface area contributed by atoms with Crippen LogP contribution >= 0.6 is 11.6 Å². The molecule has 0 saturated heterocycles. The maximum Gasteiger partial charge on any atom is 0.253 e. The third-order valence-corrected chi connectivity index (χ3v) is 4.97. The lowest BCUT2D eigenvalue weighted by atomic mass is 9.98. The number of nitrogens with zero attached hydrogens (tertiary/aromatic N) is 2. The SMILES string of the molecule is CC[C@H](C)[C@@H](NC(=O)c1ccccc1Cl)c1nc(-c2ccc(C)cc2)no1. The van der Waals surface area contributed by atoms with E-state index in [2.05, 4.69) is 22.4 Å². The topological polar surface area (TPSA) is 68.0 Å². The van der Waals surface area contributed by atoms with Crippen LogP contribution in [-0.4, -0.2) is 16.0 Å². The van der Waals surface area contributed by atoms with E-state index in [-0.39, 0.29) is 11.8 Å². The van der Waals surface area contributed by atoms with Crippen molar-refractivity contribution in [2.45, 2.75) is 33.2 Å². The van der Waals surface area contributed by atoms with Crippen LogP contribution in [0.4, 0.5) is 0 Å². The number of rotatable bonds is 6. The zero-order valence-electron chi connectivity index (χ0n) is 15.6. The van der Waals surface area contributed by atoms with Crippen molar-refractivity contribution in [2.75, 3.05) is 0 Å². The molecule has 0 bridgehead atoms. The van der Waals surface area contributed by atoms with E-state index in [4.69, 9.17) is 16.1 Å². The molecule has 27 heavy (non-hydrogen) atoms. The molecule has 3 aromatic rings. The quantitative estimate of drug-likeness (QED) is 0.633. The summed E-state index contributed by atoms with van der Waals surface area (Å²) in [6, 6.07) is 14.4. The minimum Gasteiger partial charge on any atom is -0.340 e. The second kappa shape index (κ2) is 8.35. The highest BCUT2D eigenvalue weighted by molar-refractivity contribution is 6.33. The maximum absolute atomic E-state index is 12.7. The molecular formula is C21H22ClN3O2. The molecule has 1 heterocycles. The van der Waals surface area contributed by atoms with Crippen molar-refractivity contribution < 1.29 is 9.32 Å². The van der Waals surface area contributed by atoms with E-state index in [0.717, 1.165) is 17.5 Å². The van der Waals surface area contributed by atoms with Gasteiger partial charge in [-0.15, -0.1) is 0 Å². The van der Waals surface area contributed by atoms with Gasteiger partial charge in [0.05, 0.1) is 10.6 Å². The summed E-state index contributed by atoms with van der Waals surface area (Å²) < 4.78 is 5.49. The monoisotopic (exact) mass is 383 g/mol. The maximum atomic E-state index is 12.7. The Morgan fingerprint density at radius 1 is 1.19 bits per heavy atom. The molecule has 0 aliphatic heterocycles. The number of amides is 1. The molecule has 140 valence electrons. The van der Waals surface area contributed by atoms with Gasteiger partial charge in [-0.1, -0.05) is 79.0 Å². The molecule has 1 N–H and O–H groups in total. The van der Waals surface area contributed by atoms with Crippen LogP contribution < -0.4 is 5.32 Å². The molecule has 1 amide bonds. The van der Waals surface area contributed by atoms with E-state index >= 15 is 0 Å². The largest absolute Gasteiger partial charge is 0.340 e. The summed E-state index contributed by atoms with van der Waals surface area (Å²) in [5.74, 6) is 0.745. The van der Waals surface area contributed by atoms with Crippen molar-refractivity contribution in [1.29, 1.82) is 0 Å². The molecule has 0 radical (unpaired) electrons. The third kappa shape index (κ3) is 4.37. The standard InChI is InChI=1S/C21H22ClN3O2/c1-4-14(3)18(23-20(26)16-7-5-6-8-17(16)22)21-24-19(25-27-21)15-11-9-13(2)10-12-15/h5-12,14,18H,4H2,1-3H3,(H,23,26)/t14-,18+/m0/s1. The van der Waals surface area contributed by atoms with Crippen LogP contribution in [0.5, 0.6) is 0 Å². The summed E-state index contributed by atoms with van der Waals surface area (Å²) in [5.41, 5.74) is 2.45. The number of benzene rings is 2. The molecule has 2 aromatic carbocycles. The van der Waals surface area contributed by atoms with E-state index in [1.807, 2.05) is 38.1 Å². The number of aromatic nitrogens is 2. The van der Waals surface area contributed by atoms with Crippen LogP contribution in [0.25, 0.3) is 11.4 Å². The summed E-state index contributed by atoms with van der Waals surface area (Å²) in [6.07, 6.45) is 0.843. The van der Waals surface area contributed by atoms with Crippen LogP contribution in [0.2, 0.25) is 5.02 Å². The molecule has 0 saturated carbocycles. The molecule has 0 spiro atoms. The first-order valence-corrected chi connectivity index (χ1v) is 9.33. The van der Waals surface area contributed by atoms with Crippen molar-refractivity contribution in [1.82, 2.24) is 15.5 Å². The van der Waals surface area contributed by atoms with Crippen LogP contribution in [0.15, 0.2) is 53.1 Å². The first kappa shape index (κ1) is 19.1. The lowest BCUT2D eigenvalue weighted by Gasteiger charge is -2.21. The lowest BCUT2D eigenvalue weighted by Crippen LogP contribution is -2.33. The zero-order chi connectivity index (χ0) is 19.4. The van der Waals surface area contributed by atoms with Crippen LogP contribution in [0, 0.1) is 12.8 Å². The van der Waals surface area contributed by atoms with Gasteiger partial charge in [-0.25, -0.2) is 0 Å². The Balaban J connectivity index is 1.86. The number of aryl methyl sites for hydroxylation is 1. The number of hydrogen-bond acceptors (Lipinski definition) is 4. The lowest BCUT2D eigenvalue weighted by molar-refractivity contribution is 0.0910. The molecular weight excluding hydrogens is 362 g/mol. The van der Waals surface area contributed by atoms with Crippen molar-refractivity contribution in [2.24, 2.45) is 5.92 Å². The Morgan fingerprint density at radius 3 is 2.56 bits per heavy atom. The van der Waals surface area contributed by atoms with Gasteiger partial charge in [0.15, 0.2) is 0 Å². The predicted octanol–water partition coefficient (Wildman–Crippen LogP) is 5.22. The van der Waals surface area contributed by atoms with Crippen molar-refractivity contribution in [3.63, 3.8) is 0 Å². The Bertz CT molecular complexity index is 921. The van der Waals surface area contributed by atoms with E-state index in [1.54, 1.807) is 24.3 Å². The average Bonchev–Trinajstić information content (AvgIpc) is 3.16. The number of carbonyl (C=O) groups is 1. The van der Waals surface area contributed by atoms with Gasteiger partial charge in [0.1, 0.15) is 6.04 Å². The molecule has 5 nitrogen and oxygen atoms in total. The number of carbonyl (C=O) groups excluding carboxylic acids is 1. The summed E-state index contributed by atoms with van der Waals surface area (Å²) in [6.45, 7) is 6.11.